The summed E-state index contributed by atoms with van der Waals surface area (Å²) in [5.41, 5.74) is 0.914. The zero-order valence-corrected chi connectivity index (χ0v) is 12.3. The van der Waals surface area contributed by atoms with Gasteiger partial charge in [0.25, 0.3) is 0 Å². The van der Waals surface area contributed by atoms with Crippen molar-refractivity contribution in [2.24, 2.45) is 5.92 Å². The van der Waals surface area contributed by atoms with Crippen LogP contribution in [0.4, 0.5) is 4.39 Å². The van der Waals surface area contributed by atoms with Gasteiger partial charge in [-0.15, -0.1) is 0 Å². The first kappa shape index (κ1) is 14.8. The molecule has 0 radical (unpaired) electrons. The lowest BCUT2D eigenvalue weighted by atomic mass is 9.83. The predicted octanol–water partition coefficient (Wildman–Crippen LogP) is 4.58. The summed E-state index contributed by atoms with van der Waals surface area (Å²) in [5, 5.41) is 3.65. The monoisotopic (exact) mass is 283 g/mol. The molecule has 0 saturated heterocycles. The van der Waals surface area contributed by atoms with Crippen molar-refractivity contribution in [1.29, 1.82) is 0 Å². The molecule has 0 aromatic heterocycles. The van der Waals surface area contributed by atoms with Gasteiger partial charge in [-0.25, -0.2) is 4.39 Å². The highest BCUT2D eigenvalue weighted by molar-refractivity contribution is 6.31. The fourth-order valence-corrected chi connectivity index (χ4v) is 3.30. The van der Waals surface area contributed by atoms with Crippen LogP contribution in [0.25, 0.3) is 0 Å². The van der Waals surface area contributed by atoms with Crippen LogP contribution in [0.2, 0.25) is 5.02 Å². The second kappa shape index (κ2) is 7.25. The van der Waals surface area contributed by atoms with Gasteiger partial charge in [-0.2, -0.15) is 0 Å². The first-order valence-electron chi connectivity index (χ1n) is 7.31. The third-order valence-electron chi connectivity index (χ3n) is 4.25. The number of hydrogen-bond acceptors (Lipinski definition) is 1. The van der Waals surface area contributed by atoms with Crippen LogP contribution < -0.4 is 5.32 Å². The number of likely N-dealkylation sites (N-methyl/N-ethyl adjacent to an activating group) is 1. The van der Waals surface area contributed by atoms with Crippen LogP contribution in [0.5, 0.6) is 0 Å². The van der Waals surface area contributed by atoms with Gasteiger partial charge in [0.15, 0.2) is 0 Å². The maximum Gasteiger partial charge on any atom is 0.142 e. The van der Waals surface area contributed by atoms with Gasteiger partial charge in [0.2, 0.25) is 0 Å². The predicted molar refractivity (Wildman–Crippen MR) is 79.2 cm³/mol. The van der Waals surface area contributed by atoms with Gasteiger partial charge in [0.05, 0.1) is 5.02 Å². The van der Waals surface area contributed by atoms with Crippen molar-refractivity contribution in [1.82, 2.24) is 5.32 Å². The number of hydrogen-bond donors (Lipinski definition) is 1. The van der Waals surface area contributed by atoms with Crippen molar-refractivity contribution < 1.29 is 4.39 Å². The van der Waals surface area contributed by atoms with E-state index >= 15 is 0 Å². The topological polar surface area (TPSA) is 12.0 Å². The highest BCUT2D eigenvalue weighted by Gasteiger charge is 2.19. The summed E-state index contributed by atoms with van der Waals surface area (Å²) in [4.78, 5) is 0. The smallest absolute Gasteiger partial charge is 0.142 e. The fourth-order valence-electron chi connectivity index (χ4n) is 3.10. The Balaban J connectivity index is 1.96. The fraction of sp³-hybridized carbons (Fsp3) is 0.625. The first-order valence-corrected chi connectivity index (χ1v) is 7.68. The average molecular weight is 284 g/mol. The lowest BCUT2D eigenvalue weighted by molar-refractivity contribution is 0.302. The molecule has 2 rings (SSSR count). The minimum absolute atomic E-state index is 0.284. The Morgan fingerprint density at radius 3 is 2.74 bits per heavy atom. The summed E-state index contributed by atoms with van der Waals surface area (Å²) < 4.78 is 13.4. The SMILES string of the molecule is CNC(Cc1cccc(F)c1Cl)CC1CCCCC1. The molecule has 3 heteroatoms. The Morgan fingerprint density at radius 2 is 2.05 bits per heavy atom. The Kier molecular flexibility index (Phi) is 5.65. The van der Waals surface area contributed by atoms with Gasteiger partial charge in [-0.3, -0.25) is 0 Å². The minimum Gasteiger partial charge on any atom is -0.317 e. The third kappa shape index (κ3) is 4.19. The molecule has 1 aromatic carbocycles. The van der Waals surface area contributed by atoms with E-state index in [1.165, 1.54) is 44.6 Å². The molecule has 1 atom stereocenters. The van der Waals surface area contributed by atoms with E-state index in [2.05, 4.69) is 5.32 Å². The third-order valence-corrected chi connectivity index (χ3v) is 4.67. The van der Waals surface area contributed by atoms with Crippen LogP contribution in [-0.4, -0.2) is 13.1 Å². The Hall–Kier alpha value is -0.600. The Morgan fingerprint density at radius 1 is 1.32 bits per heavy atom. The molecule has 0 amide bonds. The molecule has 0 heterocycles. The molecule has 0 spiro atoms. The van der Waals surface area contributed by atoms with E-state index in [4.69, 9.17) is 11.6 Å². The van der Waals surface area contributed by atoms with Crippen LogP contribution in [0, 0.1) is 11.7 Å². The number of benzene rings is 1. The molecule has 1 nitrogen and oxygen atoms in total. The highest BCUT2D eigenvalue weighted by atomic mass is 35.5. The zero-order valence-electron chi connectivity index (χ0n) is 11.6. The van der Waals surface area contributed by atoms with E-state index in [0.717, 1.165) is 17.9 Å². The maximum absolute atomic E-state index is 13.4. The van der Waals surface area contributed by atoms with E-state index < -0.39 is 0 Å². The van der Waals surface area contributed by atoms with Crippen molar-refractivity contribution in [3.8, 4) is 0 Å². The van der Waals surface area contributed by atoms with Crippen LogP contribution in [0.15, 0.2) is 18.2 Å². The first-order chi connectivity index (χ1) is 9.20. The quantitative estimate of drug-likeness (QED) is 0.834. The molecule has 106 valence electrons. The largest absolute Gasteiger partial charge is 0.317 e. The molecule has 1 fully saturated rings. The standard InChI is InChI=1S/C16H23ClFN/c1-19-14(10-12-6-3-2-4-7-12)11-13-8-5-9-15(18)16(13)17/h5,8-9,12,14,19H,2-4,6-7,10-11H2,1H3. The molecule has 0 aliphatic heterocycles. The summed E-state index contributed by atoms with van der Waals surface area (Å²) in [6.45, 7) is 0. The van der Waals surface area contributed by atoms with E-state index in [0.29, 0.717) is 6.04 Å². The van der Waals surface area contributed by atoms with E-state index in [1.807, 2.05) is 13.1 Å². The van der Waals surface area contributed by atoms with E-state index in [-0.39, 0.29) is 10.8 Å². The lowest BCUT2D eigenvalue weighted by Gasteiger charge is -2.26. The molecule has 0 bridgehead atoms. The summed E-state index contributed by atoms with van der Waals surface area (Å²) in [7, 11) is 1.99. The summed E-state index contributed by atoms with van der Waals surface area (Å²) in [6, 6.07) is 5.48. The maximum atomic E-state index is 13.4. The van der Waals surface area contributed by atoms with E-state index in [9.17, 15) is 4.39 Å². The average Bonchev–Trinajstić information content (AvgIpc) is 2.44. The molecule has 1 saturated carbocycles. The summed E-state index contributed by atoms with van der Waals surface area (Å²) in [6.07, 6.45) is 8.77. The van der Waals surface area contributed by atoms with Crippen LogP contribution >= 0.6 is 11.6 Å². The van der Waals surface area contributed by atoms with Crippen LogP contribution in [0.3, 0.4) is 0 Å². The minimum atomic E-state index is -0.313. The van der Waals surface area contributed by atoms with Crippen molar-refractivity contribution in [2.45, 2.75) is 51.0 Å². The van der Waals surface area contributed by atoms with Gasteiger partial charge >= 0.3 is 0 Å². The van der Waals surface area contributed by atoms with Gasteiger partial charge in [0.1, 0.15) is 5.82 Å². The normalized spacial score (nSPS) is 18.5. The van der Waals surface area contributed by atoms with Crippen LogP contribution in [-0.2, 0) is 6.42 Å². The molecule has 1 aliphatic rings. The van der Waals surface area contributed by atoms with Gasteiger partial charge in [-0.05, 0) is 37.4 Å². The molecule has 19 heavy (non-hydrogen) atoms. The molecule has 1 N–H and O–H groups in total. The van der Waals surface area contributed by atoms with Crippen molar-refractivity contribution in [2.75, 3.05) is 7.05 Å². The van der Waals surface area contributed by atoms with Crippen molar-refractivity contribution >= 4 is 11.6 Å². The second-order valence-corrected chi connectivity index (χ2v) is 6.02. The molecule has 1 aromatic rings. The highest BCUT2D eigenvalue weighted by Crippen LogP contribution is 2.29. The Labute approximate surface area is 120 Å². The van der Waals surface area contributed by atoms with Crippen molar-refractivity contribution in [3.63, 3.8) is 0 Å². The number of rotatable bonds is 5. The van der Waals surface area contributed by atoms with Gasteiger partial charge < -0.3 is 5.32 Å². The number of halogens is 2. The van der Waals surface area contributed by atoms with Gasteiger partial charge in [-0.1, -0.05) is 55.8 Å². The lowest BCUT2D eigenvalue weighted by Crippen LogP contribution is -2.30. The summed E-state index contributed by atoms with van der Waals surface area (Å²) >= 11 is 6.03. The molecular formula is C16H23ClFN. The van der Waals surface area contributed by atoms with Crippen LogP contribution in [0.1, 0.15) is 44.1 Å². The number of nitrogens with one attached hydrogen (secondary N) is 1. The molecule has 1 aliphatic carbocycles. The molecular weight excluding hydrogens is 261 g/mol. The summed E-state index contributed by atoms with van der Waals surface area (Å²) in [5.74, 6) is 0.505. The van der Waals surface area contributed by atoms with E-state index in [1.54, 1.807) is 6.07 Å². The zero-order chi connectivity index (χ0) is 13.7. The second-order valence-electron chi connectivity index (χ2n) is 5.64. The Bertz CT molecular complexity index is 402. The molecule has 1 unspecified atom stereocenters. The van der Waals surface area contributed by atoms with Gasteiger partial charge in [0, 0.05) is 6.04 Å². The van der Waals surface area contributed by atoms with Crippen molar-refractivity contribution in [3.05, 3.63) is 34.6 Å².